The summed E-state index contributed by atoms with van der Waals surface area (Å²) in [4.78, 5) is 17.4. The number of carbonyl (C=O) groups excluding carboxylic acids is 1. The fourth-order valence-corrected chi connectivity index (χ4v) is 1.62. The fraction of sp³-hybridized carbons (Fsp3) is 0.429. The molecule has 1 amide bonds. The highest BCUT2D eigenvalue weighted by molar-refractivity contribution is 5.94. The van der Waals surface area contributed by atoms with Crippen LogP contribution in [0.25, 0.3) is 0 Å². The quantitative estimate of drug-likeness (QED) is 0.705. The molecule has 0 fully saturated rings. The summed E-state index contributed by atoms with van der Waals surface area (Å²) >= 11 is 0. The van der Waals surface area contributed by atoms with Crippen molar-refractivity contribution in [2.75, 3.05) is 18.6 Å². The van der Waals surface area contributed by atoms with Gasteiger partial charge in [0.05, 0.1) is 13.0 Å². The van der Waals surface area contributed by atoms with Gasteiger partial charge in [0.2, 0.25) is 11.8 Å². The molecule has 0 unspecified atom stereocenters. The molecule has 0 saturated carbocycles. The van der Waals surface area contributed by atoms with Crippen LogP contribution in [0.1, 0.15) is 25.8 Å². The Balaban J connectivity index is 2.39. The smallest absolute Gasteiger partial charge is 0.238 e. The number of hydrogen-bond acceptors (Lipinski definition) is 4. The molecule has 1 aliphatic heterocycles. The lowest BCUT2D eigenvalue weighted by Gasteiger charge is -2.15. The van der Waals surface area contributed by atoms with E-state index in [0.717, 1.165) is 0 Å². The second-order valence-electron chi connectivity index (χ2n) is 4.91. The topological polar surface area (TPSA) is 62.7 Å². The van der Waals surface area contributed by atoms with E-state index >= 15 is 0 Å². The molecule has 2 rings (SSSR count). The normalized spacial score (nSPS) is 14.9. The molecular formula is C14H16N2O3. The lowest BCUT2D eigenvalue weighted by molar-refractivity contribution is -0.118. The lowest BCUT2D eigenvalue weighted by atomic mass is 10.1. The third-order valence-electron chi connectivity index (χ3n) is 2.64. The second kappa shape index (κ2) is 4.90. The monoisotopic (exact) mass is 260 g/mol. The van der Waals surface area contributed by atoms with E-state index in [-0.39, 0.29) is 5.91 Å². The van der Waals surface area contributed by atoms with Crippen molar-refractivity contribution < 1.29 is 14.6 Å². The zero-order chi connectivity index (χ0) is 14.0. The maximum atomic E-state index is 11.7. The molecule has 0 aliphatic carbocycles. The molecule has 0 radical (unpaired) electrons. The average Bonchev–Trinajstić information content (AvgIpc) is 2.47. The first-order chi connectivity index (χ1) is 8.87. The van der Waals surface area contributed by atoms with Gasteiger partial charge in [-0.05, 0) is 19.9 Å². The van der Waals surface area contributed by atoms with Gasteiger partial charge in [0.1, 0.15) is 11.3 Å². The van der Waals surface area contributed by atoms with Crippen molar-refractivity contribution in [3.05, 3.63) is 17.8 Å². The predicted molar refractivity (Wildman–Crippen MR) is 70.9 cm³/mol. The minimum atomic E-state index is -1.06. The summed E-state index contributed by atoms with van der Waals surface area (Å²) in [7, 11) is 1.69. The fourth-order valence-electron chi connectivity index (χ4n) is 1.62. The first-order valence-electron chi connectivity index (χ1n) is 6.02. The summed E-state index contributed by atoms with van der Waals surface area (Å²) in [5.74, 6) is 5.95. The molecular weight excluding hydrogens is 244 g/mol. The van der Waals surface area contributed by atoms with Gasteiger partial charge in [-0.15, -0.1) is 0 Å². The van der Waals surface area contributed by atoms with Crippen LogP contribution in [0.2, 0.25) is 0 Å². The van der Waals surface area contributed by atoms with Gasteiger partial charge in [-0.2, -0.15) is 0 Å². The molecule has 19 heavy (non-hydrogen) atoms. The minimum Gasteiger partial charge on any atom is -0.476 e. The molecule has 0 aromatic carbocycles. The lowest BCUT2D eigenvalue weighted by Crippen LogP contribution is -2.25. The van der Waals surface area contributed by atoms with Gasteiger partial charge in [0.25, 0.3) is 0 Å². The van der Waals surface area contributed by atoms with Crippen LogP contribution in [0.5, 0.6) is 5.88 Å². The predicted octanol–water partition coefficient (Wildman–Crippen LogP) is 0.949. The molecule has 100 valence electrons. The average molecular weight is 260 g/mol. The summed E-state index contributed by atoms with van der Waals surface area (Å²) in [6.07, 6.45) is 1.90. The van der Waals surface area contributed by atoms with Gasteiger partial charge < -0.3 is 14.7 Å². The maximum absolute atomic E-state index is 11.7. The van der Waals surface area contributed by atoms with Crippen molar-refractivity contribution in [1.82, 2.24) is 4.98 Å². The number of anilines is 1. The molecule has 5 heteroatoms. The largest absolute Gasteiger partial charge is 0.476 e. The third kappa shape index (κ3) is 3.24. The summed E-state index contributed by atoms with van der Waals surface area (Å²) in [5.41, 5.74) is 0.168. The number of amides is 1. The van der Waals surface area contributed by atoms with Crippen molar-refractivity contribution in [1.29, 1.82) is 0 Å². The van der Waals surface area contributed by atoms with Crippen LogP contribution in [-0.4, -0.2) is 35.3 Å². The Kier molecular flexibility index (Phi) is 3.45. The van der Waals surface area contributed by atoms with Crippen LogP contribution < -0.4 is 9.64 Å². The number of ether oxygens (including phenoxy) is 1. The molecule has 0 spiro atoms. The van der Waals surface area contributed by atoms with E-state index in [4.69, 9.17) is 4.74 Å². The summed E-state index contributed by atoms with van der Waals surface area (Å²) in [6.45, 7) is 3.54. The summed E-state index contributed by atoms with van der Waals surface area (Å²) in [6, 6.07) is 1.74. The van der Waals surface area contributed by atoms with E-state index in [2.05, 4.69) is 16.8 Å². The number of rotatable bonds is 0. The molecule has 0 bridgehead atoms. The highest BCUT2D eigenvalue weighted by Crippen LogP contribution is 2.28. The van der Waals surface area contributed by atoms with Crippen LogP contribution in [0.4, 0.5) is 5.69 Å². The molecule has 1 aromatic heterocycles. The van der Waals surface area contributed by atoms with E-state index in [1.54, 1.807) is 33.2 Å². The minimum absolute atomic E-state index is 0.0202. The summed E-state index contributed by atoms with van der Waals surface area (Å²) in [5, 5.41) is 9.57. The molecule has 1 N–H and O–H groups in total. The Labute approximate surface area is 112 Å². The number of aliphatic hydroxyl groups is 1. The molecule has 0 saturated heterocycles. The highest BCUT2D eigenvalue weighted by atomic mass is 16.5. The Morgan fingerprint density at radius 3 is 2.95 bits per heavy atom. The van der Waals surface area contributed by atoms with E-state index in [9.17, 15) is 9.90 Å². The number of nitrogens with zero attached hydrogens (tertiary/aromatic N) is 2. The molecule has 1 aliphatic rings. The van der Waals surface area contributed by atoms with Crippen molar-refractivity contribution in [3.63, 3.8) is 0 Å². The van der Waals surface area contributed by atoms with Crippen LogP contribution in [0.15, 0.2) is 12.3 Å². The van der Waals surface area contributed by atoms with Gasteiger partial charge in [0.15, 0.2) is 0 Å². The number of fused-ring (bicyclic) bond motifs is 1. The van der Waals surface area contributed by atoms with Gasteiger partial charge >= 0.3 is 0 Å². The first-order valence-corrected chi connectivity index (χ1v) is 6.02. The van der Waals surface area contributed by atoms with Gasteiger partial charge in [-0.1, -0.05) is 11.8 Å². The van der Waals surface area contributed by atoms with E-state index in [1.807, 2.05) is 0 Å². The Morgan fingerprint density at radius 1 is 1.53 bits per heavy atom. The zero-order valence-corrected chi connectivity index (χ0v) is 11.2. The SMILES string of the molecule is CN1C(=O)CCOc2ncc(C#CC(C)(C)O)cc21. The molecule has 1 aromatic rings. The van der Waals surface area contributed by atoms with Crippen molar-refractivity contribution in [3.8, 4) is 17.7 Å². The van der Waals surface area contributed by atoms with Crippen molar-refractivity contribution in [2.45, 2.75) is 25.9 Å². The Bertz CT molecular complexity index is 564. The maximum Gasteiger partial charge on any atom is 0.238 e. The Morgan fingerprint density at radius 2 is 2.26 bits per heavy atom. The van der Waals surface area contributed by atoms with E-state index < -0.39 is 5.60 Å². The standard InChI is InChI=1S/C14H16N2O3/c1-14(2,18)6-4-10-8-11-13(15-9-10)19-7-5-12(17)16(11)3/h8-9,18H,5,7H2,1-3H3. The third-order valence-corrected chi connectivity index (χ3v) is 2.64. The first kappa shape index (κ1) is 13.4. The van der Waals surface area contributed by atoms with Crippen molar-refractivity contribution in [2.24, 2.45) is 0 Å². The number of pyridine rings is 1. The van der Waals surface area contributed by atoms with Gasteiger partial charge in [-0.3, -0.25) is 4.79 Å². The van der Waals surface area contributed by atoms with Gasteiger partial charge in [-0.25, -0.2) is 4.98 Å². The van der Waals surface area contributed by atoms with E-state index in [0.29, 0.717) is 30.2 Å². The number of aromatic nitrogens is 1. The van der Waals surface area contributed by atoms with Crippen LogP contribution >= 0.6 is 0 Å². The van der Waals surface area contributed by atoms with Gasteiger partial charge in [0, 0.05) is 18.8 Å². The van der Waals surface area contributed by atoms with Crippen LogP contribution in [0.3, 0.4) is 0 Å². The molecule has 5 nitrogen and oxygen atoms in total. The number of carbonyl (C=O) groups is 1. The summed E-state index contributed by atoms with van der Waals surface area (Å²) < 4.78 is 5.42. The molecule has 0 atom stereocenters. The molecule has 2 heterocycles. The highest BCUT2D eigenvalue weighted by Gasteiger charge is 2.21. The zero-order valence-electron chi connectivity index (χ0n) is 11.2. The Hall–Kier alpha value is -2.06. The second-order valence-corrected chi connectivity index (χ2v) is 4.91. The van der Waals surface area contributed by atoms with Crippen LogP contribution in [0, 0.1) is 11.8 Å². The van der Waals surface area contributed by atoms with Crippen molar-refractivity contribution >= 4 is 11.6 Å². The van der Waals surface area contributed by atoms with E-state index in [1.165, 1.54) is 4.90 Å². The number of hydrogen-bond donors (Lipinski definition) is 1. The van der Waals surface area contributed by atoms with Crippen LogP contribution in [-0.2, 0) is 4.79 Å².